The van der Waals surface area contributed by atoms with Crippen molar-refractivity contribution in [3.8, 4) is 5.69 Å². The third-order valence-electron chi connectivity index (χ3n) is 4.30. The quantitative estimate of drug-likeness (QED) is 0.664. The van der Waals surface area contributed by atoms with Gasteiger partial charge < -0.3 is 0 Å². The Hall–Kier alpha value is -2.22. The van der Waals surface area contributed by atoms with Crippen LogP contribution in [0.15, 0.2) is 41.7 Å². The van der Waals surface area contributed by atoms with Gasteiger partial charge in [-0.3, -0.25) is 0 Å². The number of hydrogen-bond acceptors (Lipinski definition) is 6. The highest BCUT2D eigenvalue weighted by Crippen LogP contribution is 2.28. The van der Waals surface area contributed by atoms with E-state index in [2.05, 4.69) is 32.0 Å². The van der Waals surface area contributed by atoms with Crippen LogP contribution in [0.3, 0.4) is 0 Å². The van der Waals surface area contributed by atoms with Crippen molar-refractivity contribution in [3.63, 3.8) is 0 Å². The van der Waals surface area contributed by atoms with Gasteiger partial charge in [-0.05, 0) is 35.4 Å². The summed E-state index contributed by atoms with van der Waals surface area (Å²) in [6.45, 7) is 0. The molecule has 24 heavy (non-hydrogen) atoms. The highest BCUT2D eigenvalue weighted by Gasteiger charge is 2.17. The fraction of sp³-hybridized carbons (Fsp3) is 0.438. The minimum absolute atomic E-state index is 0.514. The molecule has 0 radical (unpaired) electrons. The average molecular weight is 341 g/mol. The van der Waals surface area contributed by atoms with Crippen molar-refractivity contribution in [3.05, 3.63) is 42.2 Å². The highest BCUT2D eigenvalue weighted by atomic mass is 32.2. The molecular formula is C16H19N7S. The molecule has 1 aliphatic carbocycles. The highest BCUT2D eigenvalue weighted by molar-refractivity contribution is 7.98. The first-order chi connectivity index (χ1) is 11.9. The third kappa shape index (κ3) is 3.33. The summed E-state index contributed by atoms with van der Waals surface area (Å²) in [6, 6.07) is 10.4. The predicted molar refractivity (Wildman–Crippen MR) is 90.9 cm³/mol. The summed E-state index contributed by atoms with van der Waals surface area (Å²) in [7, 11) is 0. The smallest absolute Gasteiger partial charge is 0.214 e. The zero-order valence-corrected chi connectivity index (χ0v) is 14.1. The first-order valence-electron chi connectivity index (χ1n) is 8.27. The lowest BCUT2D eigenvalue weighted by molar-refractivity contribution is 0.324. The molecule has 7 nitrogen and oxygen atoms in total. The fourth-order valence-electron chi connectivity index (χ4n) is 3.04. The average Bonchev–Trinajstić information content (AvgIpc) is 3.31. The number of para-hydroxylation sites is 1. The van der Waals surface area contributed by atoms with E-state index in [-0.39, 0.29) is 0 Å². The molecule has 124 valence electrons. The molecule has 2 aromatic heterocycles. The Morgan fingerprint density at radius 1 is 1.00 bits per heavy atom. The molecule has 0 unspecified atom stereocenters. The van der Waals surface area contributed by atoms with Crippen LogP contribution in [0.1, 0.15) is 43.8 Å². The Morgan fingerprint density at radius 3 is 2.67 bits per heavy atom. The third-order valence-corrected chi connectivity index (χ3v) is 5.25. The van der Waals surface area contributed by atoms with E-state index in [9.17, 15) is 0 Å². The topological polar surface area (TPSA) is 74.3 Å². The summed E-state index contributed by atoms with van der Waals surface area (Å²) in [6.07, 6.45) is 8.42. The van der Waals surface area contributed by atoms with E-state index in [0.29, 0.717) is 11.8 Å². The lowest BCUT2D eigenvalue weighted by Crippen LogP contribution is -2.13. The lowest BCUT2D eigenvalue weighted by Gasteiger charge is -2.20. The van der Waals surface area contributed by atoms with E-state index in [1.807, 2.05) is 35.0 Å². The van der Waals surface area contributed by atoms with Crippen LogP contribution in [-0.4, -0.2) is 35.2 Å². The molecule has 0 amide bonds. The minimum atomic E-state index is 0.514. The maximum atomic E-state index is 4.32. The van der Waals surface area contributed by atoms with Crippen molar-refractivity contribution in [2.75, 3.05) is 0 Å². The van der Waals surface area contributed by atoms with Gasteiger partial charge in [0.1, 0.15) is 0 Å². The first-order valence-corrected chi connectivity index (χ1v) is 9.26. The molecule has 1 fully saturated rings. The summed E-state index contributed by atoms with van der Waals surface area (Å²) < 4.78 is 3.78. The van der Waals surface area contributed by atoms with E-state index in [0.717, 1.165) is 16.5 Å². The van der Waals surface area contributed by atoms with Crippen molar-refractivity contribution in [1.29, 1.82) is 0 Å². The Labute approximate surface area is 144 Å². The molecule has 0 bridgehead atoms. The monoisotopic (exact) mass is 341 g/mol. The number of nitrogens with zero attached hydrogens (tertiary/aromatic N) is 7. The molecular weight excluding hydrogens is 322 g/mol. The summed E-state index contributed by atoms with van der Waals surface area (Å²) in [4.78, 5) is 0. The molecule has 2 heterocycles. The Balaban J connectivity index is 1.43. The number of benzene rings is 1. The van der Waals surface area contributed by atoms with Gasteiger partial charge in [0.15, 0.2) is 0 Å². The van der Waals surface area contributed by atoms with Crippen LogP contribution >= 0.6 is 11.8 Å². The zero-order valence-electron chi connectivity index (χ0n) is 13.3. The van der Waals surface area contributed by atoms with Crippen LogP contribution in [0.25, 0.3) is 5.69 Å². The Morgan fingerprint density at radius 2 is 1.83 bits per heavy atom. The maximum Gasteiger partial charge on any atom is 0.214 e. The molecule has 0 aliphatic heterocycles. The van der Waals surface area contributed by atoms with Gasteiger partial charge in [0.2, 0.25) is 5.16 Å². The van der Waals surface area contributed by atoms with Crippen molar-refractivity contribution in [2.24, 2.45) is 0 Å². The second kappa shape index (κ2) is 7.12. The molecule has 0 saturated heterocycles. The van der Waals surface area contributed by atoms with Crippen LogP contribution in [-0.2, 0) is 5.75 Å². The molecule has 8 heteroatoms. The predicted octanol–water partition coefficient (Wildman–Crippen LogP) is 3.05. The first kappa shape index (κ1) is 15.3. The Bertz CT molecular complexity index is 777. The van der Waals surface area contributed by atoms with Gasteiger partial charge in [0, 0.05) is 11.9 Å². The summed E-state index contributed by atoms with van der Waals surface area (Å²) >= 11 is 1.57. The van der Waals surface area contributed by atoms with Crippen LogP contribution in [0.5, 0.6) is 0 Å². The van der Waals surface area contributed by atoms with Crippen LogP contribution < -0.4 is 0 Å². The summed E-state index contributed by atoms with van der Waals surface area (Å²) in [5.74, 6) is 0.708. The van der Waals surface area contributed by atoms with Gasteiger partial charge in [-0.25, -0.2) is 4.68 Å². The molecule has 1 aliphatic rings. The fourth-order valence-corrected chi connectivity index (χ4v) is 3.81. The van der Waals surface area contributed by atoms with Crippen molar-refractivity contribution in [1.82, 2.24) is 35.2 Å². The SMILES string of the molecule is c1ccc(-n2nnnc2SCc2cn(C3CCCCC3)nn2)cc1. The normalized spacial score (nSPS) is 15.7. The standard InChI is InChI=1S/C16H19N7S/c1-3-7-14(8-4-1)22-11-13(17-20-22)12-24-16-18-19-21-23(16)15-9-5-2-6-10-15/h2,5-6,9-11,14H,1,3-4,7-8,12H2. The van der Waals surface area contributed by atoms with Gasteiger partial charge in [-0.1, -0.05) is 54.4 Å². The van der Waals surface area contributed by atoms with Crippen LogP contribution in [0.2, 0.25) is 0 Å². The van der Waals surface area contributed by atoms with Crippen molar-refractivity contribution >= 4 is 11.8 Å². The molecule has 3 aromatic rings. The van der Waals surface area contributed by atoms with Gasteiger partial charge in [-0.2, -0.15) is 4.68 Å². The Kier molecular flexibility index (Phi) is 4.55. The molecule has 1 aromatic carbocycles. The van der Waals surface area contributed by atoms with Gasteiger partial charge in [0.05, 0.1) is 17.4 Å². The number of rotatable bonds is 5. The van der Waals surface area contributed by atoms with Crippen LogP contribution in [0.4, 0.5) is 0 Å². The van der Waals surface area contributed by atoms with Crippen molar-refractivity contribution in [2.45, 2.75) is 49.1 Å². The second-order valence-electron chi connectivity index (χ2n) is 5.98. The lowest BCUT2D eigenvalue weighted by atomic mass is 9.96. The van der Waals surface area contributed by atoms with Crippen LogP contribution in [0, 0.1) is 0 Å². The number of aromatic nitrogens is 7. The van der Waals surface area contributed by atoms with E-state index >= 15 is 0 Å². The van der Waals surface area contributed by atoms with E-state index in [1.165, 1.54) is 32.1 Å². The molecule has 1 saturated carbocycles. The minimum Gasteiger partial charge on any atom is -0.249 e. The molecule has 0 N–H and O–H groups in total. The van der Waals surface area contributed by atoms with Crippen molar-refractivity contribution < 1.29 is 0 Å². The molecule has 0 atom stereocenters. The van der Waals surface area contributed by atoms with Gasteiger partial charge in [0.25, 0.3) is 0 Å². The summed E-state index contributed by atoms with van der Waals surface area (Å²) in [5, 5.41) is 21.4. The number of hydrogen-bond donors (Lipinski definition) is 0. The molecule has 0 spiro atoms. The number of thioether (sulfide) groups is 1. The van der Waals surface area contributed by atoms with Gasteiger partial charge >= 0.3 is 0 Å². The van der Waals surface area contributed by atoms with E-state index in [1.54, 1.807) is 16.4 Å². The van der Waals surface area contributed by atoms with E-state index < -0.39 is 0 Å². The summed E-state index contributed by atoms with van der Waals surface area (Å²) in [5.41, 5.74) is 1.92. The maximum absolute atomic E-state index is 4.32. The van der Waals surface area contributed by atoms with Gasteiger partial charge in [-0.15, -0.1) is 10.2 Å². The number of tetrazole rings is 1. The zero-order chi connectivity index (χ0) is 16.2. The molecule has 4 rings (SSSR count). The second-order valence-corrected chi connectivity index (χ2v) is 6.92. The van der Waals surface area contributed by atoms with E-state index in [4.69, 9.17) is 0 Å². The largest absolute Gasteiger partial charge is 0.249 e.